The molecule has 0 saturated carbocycles. The standard InChI is InChI=1S/C21H23N5O5/c1-4-31-20(29)13-5-7-14(8-6-13)22-17(27)11-12-18(28)23-16-10-9-15-19(24-16)26(3)21(30)25(15)2/h5-10H,4,11-12H2,1-3H3,(H,22,27)(H,23,24,28). The van der Waals surface area contributed by atoms with Crippen LogP contribution in [0.3, 0.4) is 0 Å². The lowest BCUT2D eigenvalue weighted by Gasteiger charge is -2.07. The first kappa shape index (κ1) is 21.8. The van der Waals surface area contributed by atoms with E-state index in [0.717, 1.165) is 0 Å². The largest absolute Gasteiger partial charge is 0.462 e. The number of esters is 1. The van der Waals surface area contributed by atoms with E-state index in [2.05, 4.69) is 15.6 Å². The molecule has 2 heterocycles. The predicted molar refractivity (Wildman–Crippen MR) is 115 cm³/mol. The summed E-state index contributed by atoms with van der Waals surface area (Å²) >= 11 is 0. The molecule has 2 amide bonds. The van der Waals surface area contributed by atoms with Gasteiger partial charge in [0.15, 0.2) is 5.65 Å². The average molecular weight is 425 g/mol. The Hall–Kier alpha value is -3.95. The van der Waals surface area contributed by atoms with Crippen molar-refractivity contribution < 1.29 is 19.1 Å². The van der Waals surface area contributed by atoms with Crippen molar-refractivity contribution in [3.63, 3.8) is 0 Å². The molecule has 0 bridgehead atoms. The van der Waals surface area contributed by atoms with Gasteiger partial charge in [-0.25, -0.2) is 14.6 Å². The number of pyridine rings is 1. The molecule has 0 aliphatic heterocycles. The number of rotatable bonds is 7. The van der Waals surface area contributed by atoms with Crippen LogP contribution in [0.1, 0.15) is 30.1 Å². The number of imidazole rings is 1. The lowest BCUT2D eigenvalue weighted by molar-refractivity contribution is -0.121. The van der Waals surface area contributed by atoms with Gasteiger partial charge >= 0.3 is 11.7 Å². The number of nitrogens with zero attached hydrogens (tertiary/aromatic N) is 3. The maximum absolute atomic E-state index is 12.2. The number of hydrogen-bond donors (Lipinski definition) is 2. The van der Waals surface area contributed by atoms with Crippen molar-refractivity contribution in [2.75, 3.05) is 17.2 Å². The Morgan fingerprint density at radius 3 is 2.23 bits per heavy atom. The van der Waals surface area contributed by atoms with E-state index < -0.39 is 5.97 Å². The monoisotopic (exact) mass is 425 g/mol. The third-order valence-electron chi connectivity index (χ3n) is 4.63. The van der Waals surface area contributed by atoms with Crippen LogP contribution < -0.4 is 16.3 Å². The number of nitrogens with one attached hydrogen (secondary N) is 2. The van der Waals surface area contributed by atoms with Crippen LogP contribution in [-0.4, -0.2) is 38.5 Å². The van der Waals surface area contributed by atoms with E-state index in [0.29, 0.717) is 28.2 Å². The second-order valence-electron chi connectivity index (χ2n) is 6.83. The first-order chi connectivity index (χ1) is 14.8. The second-order valence-corrected chi connectivity index (χ2v) is 6.83. The minimum Gasteiger partial charge on any atom is -0.462 e. The minimum atomic E-state index is -0.431. The van der Waals surface area contributed by atoms with E-state index in [1.165, 1.54) is 9.13 Å². The molecule has 0 radical (unpaired) electrons. The number of aromatic nitrogens is 3. The lowest BCUT2D eigenvalue weighted by atomic mass is 10.2. The molecule has 3 rings (SSSR count). The zero-order valence-electron chi connectivity index (χ0n) is 17.5. The molecule has 0 aliphatic rings. The minimum absolute atomic E-state index is 0.0302. The van der Waals surface area contributed by atoms with E-state index in [1.54, 1.807) is 57.4 Å². The highest BCUT2D eigenvalue weighted by Gasteiger charge is 2.13. The molecule has 0 spiro atoms. The Kier molecular flexibility index (Phi) is 6.49. The summed E-state index contributed by atoms with van der Waals surface area (Å²) < 4.78 is 7.77. The number of anilines is 2. The van der Waals surface area contributed by atoms with E-state index in [9.17, 15) is 19.2 Å². The fourth-order valence-electron chi connectivity index (χ4n) is 3.00. The average Bonchev–Trinajstić information content (AvgIpc) is 2.97. The molecule has 0 fully saturated rings. The third kappa shape index (κ3) is 4.97. The van der Waals surface area contributed by atoms with Crippen molar-refractivity contribution in [3.05, 3.63) is 52.4 Å². The van der Waals surface area contributed by atoms with E-state index in [4.69, 9.17) is 4.74 Å². The smallest absolute Gasteiger partial charge is 0.338 e. The Labute approximate surface area is 177 Å². The molecule has 1 aromatic carbocycles. The summed E-state index contributed by atoms with van der Waals surface area (Å²) in [4.78, 5) is 52.2. The summed E-state index contributed by atoms with van der Waals surface area (Å²) in [6, 6.07) is 9.59. The van der Waals surface area contributed by atoms with Gasteiger partial charge in [-0.2, -0.15) is 0 Å². The molecule has 10 nitrogen and oxygen atoms in total. The van der Waals surface area contributed by atoms with Gasteiger partial charge in [0, 0.05) is 32.6 Å². The van der Waals surface area contributed by atoms with Crippen LogP contribution >= 0.6 is 0 Å². The molecule has 2 aromatic heterocycles. The van der Waals surface area contributed by atoms with E-state index in [-0.39, 0.29) is 37.0 Å². The summed E-state index contributed by atoms with van der Waals surface area (Å²) in [5.41, 5.74) is 1.79. The van der Waals surface area contributed by atoms with E-state index in [1.807, 2.05) is 0 Å². The number of fused-ring (bicyclic) bond motifs is 1. The number of amides is 2. The first-order valence-electron chi connectivity index (χ1n) is 9.69. The Balaban J connectivity index is 1.53. The Bertz CT molecular complexity index is 1190. The van der Waals surface area contributed by atoms with Crippen LogP contribution in [0.15, 0.2) is 41.2 Å². The van der Waals surface area contributed by atoms with Gasteiger partial charge in [0.05, 0.1) is 17.7 Å². The van der Waals surface area contributed by atoms with Crippen molar-refractivity contribution >= 4 is 40.5 Å². The van der Waals surface area contributed by atoms with Gasteiger partial charge in [0.25, 0.3) is 0 Å². The zero-order valence-corrected chi connectivity index (χ0v) is 17.5. The van der Waals surface area contributed by atoms with Crippen LogP contribution in [0.5, 0.6) is 0 Å². The van der Waals surface area contributed by atoms with Gasteiger partial charge in [-0.1, -0.05) is 0 Å². The fraction of sp³-hybridized carbons (Fsp3) is 0.286. The van der Waals surface area contributed by atoms with Gasteiger partial charge in [-0.3, -0.25) is 18.7 Å². The predicted octanol–water partition coefficient (Wildman–Crippen LogP) is 1.81. The molecular weight excluding hydrogens is 402 g/mol. The molecule has 0 aliphatic carbocycles. The topological polar surface area (TPSA) is 124 Å². The molecule has 10 heteroatoms. The SMILES string of the molecule is CCOC(=O)c1ccc(NC(=O)CCC(=O)Nc2ccc3c(n2)n(C)c(=O)n3C)cc1. The number of carbonyl (C=O) groups is 3. The van der Waals surface area contributed by atoms with Crippen LogP contribution in [0.4, 0.5) is 11.5 Å². The summed E-state index contributed by atoms with van der Waals surface area (Å²) in [7, 11) is 3.25. The molecule has 0 unspecified atom stereocenters. The molecule has 0 atom stereocenters. The fourth-order valence-corrected chi connectivity index (χ4v) is 3.00. The van der Waals surface area contributed by atoms with Gasteiger partial charge < -0.3 is 15.4 Å². The molecule has 162 valence electrons. The molecule has 2 N–H and O–H groups in total. The number of aryl methyl sites for hydroxylation is 2. The third-order valence-corrected chi connectivity index (χ3v) is 4.63. The summed E-state index contributed by atoms with van der Waals surface area (Å²) in [6.45, 7) is 2.01. The van der Waals surface area contributed by atoms with Gasteiger partial charge in [-0.05, 0) is 43.3 Å². The molecule has 31 heavy (non-hydrogen) atoms. The van der Waals surface area contributed by atoms with Crippen LogP contribution in [-0.2, 0) is 28.4 Å². The van der Waals surface area contributed by atoms with Crippen LogP contribution in [0.25, 0.3) is 11.2 Å². The maximum atomic E-state index is 12.2. The Morgan fingerprint density at radius 1 is 0.935 bits per heavy atom. The molecular formula is C21H23N5O5. The molecule has 0 saturated heterocycles. The quantitative estimate of drug-likeness (QED) is 0.556. The van der Waals surface area contributed by atoms with Gasteiger partial charge in [-0.15, -0.1) is 0 Å². The summed E-state index contributed by atoms with van der Waals surface area (Å²) in [6.07, 6.45) is -0.0717. The number of hydrogen-bond acceptors (Lipinski definition) is 6. The van der Waals surface area contributed by atoms with Crippen LogP contribution in [0, 0.1) is 0 Å². The van der Waals surface area contributed by atoms with Crippen LogP contribution in [0.2, 0.25) is 0 Å². The van der Waals surface area contributed by atoms with Crippen molar-refractivity contribution in [2.45, 2.75) is 19.8 Å². The Morgan fingerprint density at radius 2 is 1.58 bits per heavy atom. The van der Waals surface area contributed by atoms with Crippen molar-refractivity contribution in [3.8, 4) is 0 Å². The molecule has 3 aromatic rings. The first-order valence-corrected chi connectivity index (χ1v) is 9.69. The lowest BCUT2D eigenvalue weighted by Crippen LogP contribution is -2.19. The van der Waals surface area contributed by atoms with Crippen molar-refractivity contribution in [1.29, 1.82) is 0 Å². The zero-order chi connectivity index (χ0) is 22.5. The second kappa shape index (κ2) is 9.24. The summed E-state index contributed by atoms with van der Waals surface area (Å²) in [5.74, 6) is -0.846. The number of benzene rings is 1. The van der Waals surface area contributed by atoms with Gasteiger partial charge in [0.1, 0.15) is 5.82 Å². The highest BCUT2D eigenvalue weighted by atomic mass is 16.5. The number of carbonyl (C=O) groups excluding carboxylic acids is 3. The highest BCUT2D eigenvalue weighted by Crippen LogP contribution is 2.14. The normalized spacial score (nSPS) is 10.7. The highest BCUT2D eigenvalue weighted by molar-refractivity contribution is 5.97. The summed E-state index contributed by atoms with van der Waals surface area (Å²) in [5, 5.41) is 5.31. The number of ether oxygens (including phenoxy) is 1. The van der Waals surface area contributed by atoms with E-state index >= 15 is 0 Å². The van der Waals surface area contributed by atoms with Gasteiger partial charge in [0.2, 0.25) is 11.8 Å². The van der Waals surface area contributed by atoms with Crippen molar-refractivity contribution in [2.24, 2.45) is 14.1 Å². The maximum Gasteiger partial charge on any atom is 0.338 e. The van der Waals surface area contributed by atoms with Crippen molar-refractivity contribution in [1.82, 2.24) is 14.1 Å².